The first-order chi connectivity index (χ1) is 6.31. The molecule has 14 heavy (non-hydrogen) atoms. The topological polar surface area (TPSA) is 66.4 Å². The van der Waals surface area contributed by atoms with E-state index in [1.807, 2.05) is 0 Å². The van der Waals surface area contributed by atoms with Gasteiger partial charge in [-0.15, -0.1) is 0 Å². The molecule has 0 aromatic carbocycles. The molecule has 4 nitrogen and oxygen atoms in total. The molecule has 0 spiro atoms. The van der Waals surface area contributed by atoms with Gasteiger partial charge in [-0.2, -0.15) is 13.2 Å². The van der Waals surface area contributed by atoms with E-state index in [1.165, 1.54) is 0 Å². The van der Waals surface area contributed by atoms with Crippen molar-refractivity contribution in [2.45, 2.75) is 25.4 Å². The van der Waals surface area contributed by atoms with Gasteiger partial charge in [0.25, 0.3) is 0 Å². The van der Waals surface area contributed by atoms with Gasteiger partial charge in [-0.05, 0) is 6.42 Å². The zero-order valence-electron chi connectivity index (χ0n) is 7.23. The van der Waals surface area contributed by atoms with Crippen LogP contribution >= 0.6 is 0 Å². The van der Waals surface area contributed by atoms with Crippen molar-refractivity contribution in [3.05, 3.63) is 0 Å². The Labute approximate surface area is 78.1 Å². The van der Waals surface area contributed by atoms with Crippen LogP contribution in [-0.2, 0) is 9.59 Å². The van der Waals surface area contributed by atoms with Crippen molar-refractivity contribution in [2.75, 3.05) is 6.54 Å². The van der Waals surface area contributed by atoms with Gasteiger partial charge in [0.2, 0.25) is 5.91 Å². The molecule has 0 saturated heterocycles. The fraction of sp³-hybridized carbons (Fsp3) is 0.714. The molecule has 0 fully saturated rings. The summed E-state index contributed by atoms with van der Waals surface area (Å²) in [5.41, 5.74) is 0. The van der Waals surface area contributed by atoms with Crippen LogP contribution in [-0.4, -0.2) is 29.7 Å². The van der Waals surface area contributed by atoms with Crippen molar-refractivity contribution in [2.24, 2.45) is 0 Å². The average Bonchev–Trinajstić information content (AvgIpc) is 1.99. The van der Waals surface area contributed by atoms with E-state index in [1.54, 1.807) is 5.32 Å². The summed E-state index contributed by atoms with van der Waals surface area (Å²) in [5.74, 6) is -1.86. The minimum atomic E-state index is -4.43. The zero-order valence-corrected chi connectivity index (χ0v) is 7.23. The third kappa shape index (κ3) is 8.82. The highest BCUT2D eigenvalue weighted by Crippen LogP contribution is 2.12. The largest absolute Gasteiger partial charge is 0.481 e. The second-order valence-corrected chi connectivity index (χ2v) is 2.64. The lowest BCUT2D eigenvalue weighted by molar-refractivity contribution is -0.139. The van der Waals surface area contributed by atoms with Crippen LogP contribution in [0.2, 0.25) is 0 Å². The minimum absolute atomic E-state index is 0.0407. The molecule has 0 aromatic rings. The second-order valence-electron chi connectivity index (χ2n) is 2.64. The van der Waals surface area contributed by atoms with Crippen molar-refractivity contribution < 1.29 is 27.9 Å². The highest BCUT2D eigenvalue weighted by atomic mass is 19.4. The maximum atomic E-state index is 11.6. The average molecular weight is 213 g/mol. The van der Waals surface area contributed by atoms with Gasteiger partial charge < -0.3 is 10.4 Å². The number of alkyl halides is 3. The second kappa shape index (κ2) is 5.46. The molecule has 0 aliphatic heterocycles. The molecule has 82 valence electrons. The van der Waals surface area contributed by atoms with Crippen molar-refractivity contribution in [1.82, 2.24) is 5.32 Å². The van der Waals surface area contributed by atoms with E-state index in [-0.39, 0.29) is 19.3 Å². The van der Waals surface area contributed by atoms with Crippen LogP contribution in [0.1, 0.15) is 19.3 Å². The summed E-state index contributed by atoms with van der Waals surface area (Å²) in [7, 11) is 0. The molecule has 0 radical (unpaired) electrons. The van der Waals surface area contributed by atoms with Crippen molar-refractivity contribution in [3.63, 3.8) is 0 Å². The molecule has 0 aromatic heterocycles. The van der Waals surface area contributed by atoms with Gasteiger partial charge in [0.1, 0.15) is 6.54 Å². The lowest BCUT2D eigenvalue weighted by Gasteiger charge is -2.07. The summed E-state index contributed by atoms with van der Waals surface area (Å²) in [6.07, 6.45) is -4.82. The van der Waals surface area contributed by atoms with Crippen LogP contribution in [0.4, 0.5) is 13.2 Å². The molecular weight excluding hydrogens is 203 g/mol. The highest BCUT2D eigenvalue weighted by molar-refractivity contribution is 5.76. The van der Waals surface area contributed by atoms with Crippen LogP contribution in [0, 0.1) is 0 Å². The predicted octanol–water partition coefficient (Wildman–Crippen LogP) is 0.920. The first kappa shape index (κ1) is 12.7. The Bertz CT molecular complexity index is 215. The van der Waals surface area contributed by atoms with Crippen LogP contribution in [0.5, 0.6) is 0 Å². The Morgan fingerprint density at radius 2 is 1.79 bits per heavy atom. The Morgan fingerprint density at radius 3 is 2.21 bits per heavy atom. The van der Waals surface area contributed by atoms with E-state index >= 15 is 0 Å². The standard InChI is InChI=1S/C7H10F3NO3/c8-7(9,10)4-11-5(12)2-1-3-6(13)14/h1-4H2,(H,11,12)(H,13,14). The van der Waals surface area contributed by atoms with Gasteiger partial charge >= 0.3 is 12.1 Å². The molecule has 0 saturated carbocycles. The summed E-state index contributed by atoms with van der Waals surface area (Å²) < 4.78 is 34.7. The minimum Gasteiger partial charge on any atom is -0.481 e. The summed E-state index contributed by atoms with van der Waals surface area (Å²) in [6.45, 7) is -1.38. The van der Waals surface area contributed by atoms with Gasteiger partial charge in [-0.3, -0.25) is 9.59 Å². The molecule has 0 rings (SSSR count). The fourth-order valence-electron chi connectivity index (χ4n) is 0.687. The molecule has 0 aliphatic carbocycles. The summed E-state index contributed by atoms with van der Waals surface area (Å²) in [4.78, 5) is 20.7. The maximum absolute atomic E-state index is 11.6. The molecule has 1 amide bonds. The fourth-order valence-corrected chi connectivity index (χ4v) is 0.687. The number of aliphatic carboxylic acids is 1. The number of rotatable bonds is 5. The Kier molecular flexibility index (Phi) is 4.96. The summed E-state index contributed by atoms with van der Waals surface area (Å²) in [5, 5.41) is 9.81. The smallest absolute Gasteiger partial charge is 0.405 e. The Balaban J connectivity index is 3.52. The zero-order chi connectivity index (χ0) is 11.2. The van der Waals surface area contributed by atoms with Gasteiger partial charge in [0.05, 0.1) is 0 Å². The van der Waals surface area contributed by atoms with Crippen LogP contribution in [0.25, 0.3) is 0 Å². The summed E-state index contributed by atoms with van der Waals surface area (Å²) >= 11 is 0. The number of carboxylic acids is 1. The van der Waals surface area contributed by atoms with Gasteiger partial charge in [0, 0.05) is 12.8 Å². The molecule has 0 heterocycles. The number of carboxylic acid groups (broad SMARTS) is 1. The van der Waals surface area contributed by atoms with Crippen LogP contribution < -0.4 is 5.32 Å². The van der Waals surface area contributed by atoms with Gasteiger partial charge in [-0.25, -0.2) is 0 Å². The predicted molar refractivity (Wildman–Crippen MR) is 40.6 cm³/mol. The van der Waals surface area contributed by atoms with E-state index in [0.717, 1.165) is 0 Å². The first-order valence-electron chi connectivity index (χ1n) is 3.86. The molecule has 7 heteroatoms. The quantitative estimate of drug-likeness (QED) is 0.713. The number of hydrogen-bond donors (Lipinski definition) is 2. The monoisotopic (exact) mass is 213 g/mol. The SMILES string of the molecule is O=C(O)CCCC(=O)NCC(F)(F)F. The Morgan fingerprint density at radius 1 is 1.21 bits per heavy atom. The molecule has 0 unspecified atom stereocenters. The van der Waals surface area contributed by atoms with E-state index in [9.17, 15) is 22.8 Å². The molecule has 0 bridgehead atoms. The van der Waals surface area contributed by atoms with Gasteiger partial charge in [0.15, 0.2) is 0 Å². The highest BCUT2D eigenvalue weighted by Gasteiger charge is 2.27. The number of nitrogens with one attached hydrogen (secondary N) is 1. The summed E-state index contributed by atoms with van der Waals surface area (Å²) in [6, 6.07) is 0. The van der Waals surface area contributed by atoms with Crippen LogP contribution in [0.3, 0.4) is 0 Å². The number of amides is 1. The van der Waals surface area contributed by atoms with E-state index in [0.29, 0.717) is 0 Å². The number of carbonyl (C=O) groups excluding carboxylic acids is 1. The van der Waals surface area contributed by atoms with Gasteiger partial charge in [-0.1, -0.05) is 0 Å². The maximum Gasteiger partial charge on any atom is 0.405 e. The third-order valence-electron chi connectivity index (χ3n) is 1.28. The molecule has 0 aliphatic rings. The van der Waals surface area contributed by atoms with Crippen molar-refractivity contribution >= 4 is 11.9 Å². The van der Waals surface area contributed by atoms with Crippen LogP contribution in [0.15, 0.2) is 0 Å². The third-order valence-corrected chi connectivity index (χ3v) is 1.28. The molecule has 2 N–H and O–H groups in total. The number of hydrogen-bond acceptors (Lipinski definition) is 2. The lowest BCUT2D eigenvalue weighted by atomic mass is 10.2. The first-order valence-corrected chi connectivity index (χ1v) is 3.86. The number of carbonyl (C=O) groups is 2. The van der Waals surface area contributed by atoms with E-state index < -0.39 is 24.6 Å². The van der Waals surface area contributed by atoms with Crippen molar-refractivity contribution in [3.8, 4) is 0 Å². The lowest BCUT2D eigenvalue weighted by Crippen LogP contribution is -2.33. The molecular formula is C7H10F3NO3. The molecule has 0 atom stereocenters. The normalized spacial score (nSPS) is 11.1. The van der Waals surface area contributed by atoms with E-state index in [2.05, 4.69) is 0 Å². The number of halogens is 3. The van der Waals surface area contributed by atoms with Crippen molar-refractivity contribution in [1.29, 1.82) is 0 Å². The van der Waals surface area contributed by atoms with E-state index in [4.69, 9.17) is 5.11 Å². The Hall–Kier alpha value is -1.27.